The molecule has 0 amide bonds. The van der Waals surface area contributed by atoms with Gasteiger partial charge in [0.1, 0.15) is 0 Å². The van der Waals surface area contributed by atoms with Crippen molar-refractivity contribution in [1.82, 2.24) is 10.9 Å². The Morgan fingerprint density at radius 3 is 1.09 bits per heavy atom. The molecule has 0 unspecified atom stereocenters. The van der Waals surface area contributed by atoms with Crippen molar-refractivity contribution in [3.63, 3.8) is 0 Å². The second kappa shape index (κ2) is 12.9. The summed E-state index contributed by atoms with van der Waals surface area (Å²) in [5, 5.41) is 14.9. The summed E-state index contributed by atoms with van der Waals surface area (Å²) in [5.74, 6) is 9.06. The summed E-state index contributed by atoms with van der Waals surface area (Å²) in [5.41, 5.74) is 3.63. The molecule has 0 aromatic carbocycles. The molecule has 62 valence electrons. The van der Waals surface area contributed by atoms with E-state index in [9.17, 15) is 0 Å². The average molecular weight is 208 g/mol. The molecular formula is C2H9N4NaO2S2. The van der Waals surface area contributed by atoms with Crippen molar-refractivity contribution in [2.24, 2.45) is 11.7 Å². The van der Waals surface area contributed by atoms with E-state index in [1.54, 1.807) is 0 Å². The molecule has 9 heteroatoms. The first-order valence-electron chi connectivity index (χ1n) is 1.93. The molecule has 0 aromatic heterocycles. The van der Waals surface area contributed by atoms with E-state index in [-0.39, 0.29) is 39.9 Å². The van der Waals surface area contributed by atoms with Gasteiger partial charge >= 0.3 is 29.6 Å². The van der Waals surface area contributed by atoms with Gasteiger partial charge in [-0.2, -0.15) is 0 Å². The van der Waals surface area contributed by atoms with Gasteiger partial charge in [-0.15, -0.1) is 0 Å². The van der Waals surface area contributed by atoms with Crippen molar-refractivity contribution in [2.45, 2.75) is 0 Å². The third kappa shape index (κ3) is 38.4. The van der Waals surface area contributed by atoms with Gasteiger partial charge < -0.3 is 10.2 Å². The quantitative estimate of drug-likeness (QED) is 0.116. The van der Waals surface area contributed by atoms with Gasteiger partial charge in [-0.3, -0.25) is 10.9 Å². The first kappa shape index (κ1) is 17.4. The molecule has 0 aliphatic carbocycles. The summed E-state index contributed by atoms with van der Waals surface area (Å²) in [6.45, 7) is 0. The topological polar surface area (TPSA) is 117 Å². The van der Waals surface area contributed by atoms with Crippen LogP contribution in [0.2, 0.25) is 0 Å². The second-order valence-corrected chi connectivity index (χ2v) is 1.67. The van der Waals surface area contributed by atoms with Crippen LogP contribution in [0.5, 0.6) is 0 Å². The Hall–Kier alpha value is 0.300. The first-order valence-corrected chi connectivity index (χ1v) is 2.75. The normalized spacial score (nSPS) is 6.00. The summed E-state index contributed by atoms with van der Waals surface area (Å²) < 4.78 is 0. The molecule has 0 aromatic rings. The number of thiocarbonyl (C=S) groups is 2. The minimum atomic E-state index is -0.384. The van der Waals surface area contributed by atoms with Crippen LogP contribution in [-0.4, -0.2) is 50.1 Å². The van der Waals surface area contributed by atoms with Crippen LogP contribution in [0.1, 0.15) is 0 Å². The Labute approximate surface area is 96.5 Å². The molecule has 0 rings (SSSR count). The zero-order chi connectivity index (χ0) is 8.57. The fourth-order valence-electron chi connectivity index (χ4n) is 0. The molecular weight excluding hydrogens is 199 g/mol. The van der Waals surface area contributed by atoms with E-state index in [1.807, 2.05) is 10.9 Å². The van der Waals surface area contributed by atoms with Crippen molar-refractivity contribution in [3.05, 3.63) is 0 Å². The fourth-order valence-corrected chi connectivity index (χ4v) is 0. The molecule has 0 saturated heterocycles. The molecule has 0 saturated carbocycles. The molecule has 0 radical (unpaired) electrons. The van der Waals surface area contributed by atoms with E-state index in [0.717, 1.165) is 0 Å². The fraction of sp³-hybridized carbons (Fsp3) is 0. The number of aliphatic hydroxyl groups is 2. The Morgan fingerprint density at radius 2 is 1.09 bits per heavy atom. The molecule has 0 aliphatic heterocycles. The molecule has 0 aliphatic rings. The summed E-state index contributed by atoms with van der Waals surface area (Å²) in [7, 11) is 0. The number of aliphatic hydroxyl groups excluding tert-OH is 2. The number of nitrogens with two attached hydrogens (primary N) is 2. The second-order valence-electron chi connectivity index (χ2n) is 0.899. The molecule has 0 fully saturated rings. The van der Waals surface area contributed by atoms with Crippen molar-refractivity contribution in [1.29, 1.82) is 0 Å². The van der Waals surface area contributed by atoms with Gasteiger partial charge in [0.25, 0.3) is 10.3 Å². The van der Waals surface area contributed by atoms with Crippen molar-refractivity contribution in [3.8, 4) is 0 Å². The van der Waals surface area contributed by atoms with Gasteiger partial charge in [-0.05, 0) is 24.4 Å². The first-order chi connectivity index (χ1) is 4.54. The zero-order valence-corrected chi connectivity index (χ0v) is 6.50. The van der Waals surface area contributed by atoms with Crippen LogP contribution in [0.15, 0.2) is 0 Å². The van der Waals surface area contributed by atoms with Crippen LogP contribution in [0.4, 0.5) is 0 Å². The van der Waals surface area contributed by atoms with Crippen LogP contribution in [-0.2, 0) is 0 Å². The summed E-state index contributed by atoms with van der Waals surface area (Å²) >= 11 is 8.03. The van der Waals surface area contributed by atoms with Crippen molar-refractivity contribution >= 4 is 64.3 Å². The third-order valence-corrected chi connectivity index (χ3v) is 0.483. The number of rotatable bonds is 0. The van der Waals surface area contributed by atoms with E-state index >= 15 is 0 Å². The van der Waals surface area contributed by atoms with E-state index < -0.39 is 0 Å². The van der Waals surface area contributed by atoms with Gasteiger partial charge in [0.05, 0.1) is 0 Å². The van der Waals surface area contributed by atoms with Crippen LogP contribution in [0.3, 0.4) is 0 Å². The van der Waals surface area contributed by atoms with E-state index in [4.69, 9.17) is 10.2 Å². The third-order valence-electron chi connectivity index (χ3n) is 0.247. The van der Waals surface area contributed by atoms with Gasteiger partial charge in [-0.1, -0.05) is 0 Å². The standard InChI is InChI=1S/2CH4N2OS.Na.H/c2*2-3-1(4)5;;/h2*2H2,(H2,3,4,5);;. The monoisotopic (exact) mass is 208 g/mol. The number of hydrogen-bond donors (Lipinski definition) is 6. The SMILES string of the molecule is NNC(O)=S.NNC(O)=S.[NaH]. The molecule has 8 N–H and O–H groups in total. The number of hydrazine groups is 2. The number of nitrogens with one attached hydrogen (secondary N) is 2. The van der Waals surface area contributed by atoms with Gasteiger partial charge in [0.15, 0.2) is 0 Å². The summed E-state index contributed by atoms with van der Waals surface area (Å²) in [6.07, 6.45) is 0. The molecule has 0 heterocycles. The van der Waals surface area contributed by atoms with Crippen LogP contribution in [0, 0.1) is 0 Å². The Kier molecular flexibility index (Phi) is 20.5. The van der Waals surface area contributed by atoms with Crippen LogP contribution >= 0.6 is 24.4 Å². The molecule has 11 heavy (non-hydrogen) atoms. The summed E-state index contributed by atoms with van der Waals surface area (Å²) in [6, 6.07) is 0. The number of hydrogen-bond acceptors (Lipinski definition) is 4. The van der Waals surface area contributed by atoms with Gasteiger partial charge in [-0.25, -0.2) is 11.7 Å². The summed E-state index contributed by atoms with van der Waals surface area (Å²) in [4.78, 5) is 0. The van der Waals surface area contributed by atoms with Gasteiger partial charge in [0.2, 0.25) is 0 Å². The minimum absolute atomic E-state index is 0. The Morgan fingerprint density at radius 1 is 1.00 bits per heavy atom. The molecule has 0 spiro atoms. The Bertz CT molecular complexity index is 109. The van der Waals surface area contributed by atoms with Crippen molar-refractivity contribution in [2.75, 3.05) is 0 Å². The zero-order valence-electron chi connectivity index (χ0n) is 4.87. The van der Waals surface area contributed by atoms with E-state index in [2.05, 4.69) is 36.1 Å². The van der Waals surface area contributed by atoms with Gasteiger partial charge in [0, 0.05) is 0 Å². The maximum atomic E-state index is 7.86. The average Bonchev–Trinajstić information content (AvgIpc) is 1.89. The molecule has 6 nitrogen and oxygen atoms in total. The Balaban J connectivity index is -0.000000107. The predicted molar refractivity (Wildman–Crippen MR) is 52.2 cm³/mol. The van der Waals surface area contributed by atoms with Crippen LogP contribution in [0.25, 0.3) is 0 Å². The maximum absolute atomic E-state index is 7.86. The molecule has 0 bridgehead atoms. The van der Waals surface area contributed by atoms with Crippen molar-refractivity contribution < 1.29 is 10.2 Å². The van der Waals surface area contributed by atoms with E-state index in [0.29, 0.717) is 0 Å². The van der Waals surface area contributed by atoms with Crippen LogP contribution < -0.4 is 22.5 Å². The predicted octanol–water partition coefficient (Wildman–Crippen LogP) is -2.06. The van der Waals surface area contributed by atoms with E-state index in [1.165, 1.54) is 0 Å². The molecule has 0 atom stereocenters.